The fourth-order valence-corrected chi connectivity index (χ4v) is 2.69. The molecule has 0 bridgehead atoms. The van der Waals surface area contributed by atoms with Crippen molar-refractivity contribution < 1.29 is 9.53 Å². The number of nitrogens with one attached hydrogen (secondary N) is 3. The van der Waals surface area contributed by atoms with Crippen molar-refractivity contribution >= 4 is 46.4 Å². The van der Waals surface area contributed by atoms with E-state index >= 15 is 0 Å². The average Bonchev–Trinajstić information content (AvgIpc) is 3.11. The molecular weight excluding hydrogens is 384 g/mol. The Labute approximate surface area is 166 Å². The number of rotatable bonds is 5. The van der Waals surface area contributed by atoms with Crippen LogP contribution in [-0.4, -0.2) is 27.9 Å². The van der Waals surface area contributed by atoms with Crippen molar-refractivity contribution in [2.75, 3.05) is 17.2 Å². The number of thiocarbonyl (C=S) groups is 1. The maximum atomic E-state index is 11.7. The van der Waals surface area contributed by atoms with Crippen LogP contribution in [0.2, 0.25) is 5.02 Å². The molecule has 0 fully saturated rings. The molecule has 6 nitrogen and oxygen atoms in total. The second-order valence-electron chi connectivity index (χ2n) is 5.55. The van der Waals surface area contributed by atoms with E-state index in [0.29, 0.717) is 28.1 Å². The SMILES string of the molecule is CCOC(=O)c1ccc(NC(=S)Nc2cc(-c3ccc(Cl)cc3)[nH]n2)cc1. The summed E-state index contributed by atoms with van der Waals surface area (Å²) in [4.78, 5) is 11.7. The number of nitrogens with zero attached hydrogens (tertiary/aromatic N) is 1. The van der Waals surface area contributed by atoms with Gasteiger partial charge in [-0.15, -0.1) is 0 Å². The van der Waals surface area contributed by atoms with Crippen LogP contribution in [-0.2, 0) is 4.74 Å². The van der Waals surface area contributed by atoms with Gasteiger partial charge in [-0.05, 0) is 61.1 Å². The average molecular weight is 401 g/mol. The van der Waals surface area contributed by atoms with E-state index in [1.165, 1.54) is 0 Å². The zero-order valence-electron chi connectivity index (χ0n) is 14.5. The molecule has 0 aliphatic heterocycles. The van der Waals surface area contributed by atoms with Crippen LogP contribution >= 0.6 is 23.8 Å². The summed E-state index contributed by atoms with van der Waals surface area (Å²) >= 11 is 11.2. The third-order valence-electron chi connectivity index (χ3n) is 3.63. The number of benzene rings is 2. The van der Waals surface area contributed by atoms with Gasteiger partial charge in [-0.3, -0.25) is 5.10 Å². The highest BCUT2D eigenvalue weighted by Gasteiger charge is 2.08. The Morgan fingerprint density at radius 3 is 2.52 bits per heavy atom. The molecule has 1 aromatic heterocycles. The molecule has 0 saturated carbocycles. The number of hydrogen-bond acceptors (Lipinski definition) is 4. The van der Waals surface area contributed by atoms with Crippen LogP contribution in [0.4, 0.5) is 11.5 Å². The smallest absolute Gasteiger partial charge is 0.338 e. The fourth-order valence-electron chi connectivity index (χ4n) is 2.35. The predicted octanol–water partition coefficient (Wildman–Crippen LogP) is 4.72. The van der Waals surface area contributed by atoms with Gasteiger partial charge in [0.05, 0.1) is 17.9 Å². The number of hydrogen-bond donors (Lipinski definition) is 3. The second-order valence-corrected chi connectivity index (χ2v) is 6.40. The van der Waals surface area contributed by atoms with E-state index in [9.17, 15) is 4.79 Å². The van der Waals surface area contributed by atoms with E-state index in [1.54, 1.807) is 31.2 Å². The molecule has 0 aliphatic rings. The summed E-state index contributed by atoms with van der Waals surface area (Å²) < 4.78 is 4.96. The molecule has 2 aromatic carbocycles. The summed E-state index contributed by atoms with van der Waals surface area (Å²) in [6.45, 7) is 2.11. The summed E-state index contributed by atoms with van der Waals surface area (Å²) in [6, 6.07) is 16.2. The van der Waals surface area contributed by atoms with Gasteiger partial charge in [-0.1, -0.05) is 23.7 Å². The van der Waals surface area contributed by atoms with Crippen molar-refractivity contribution in [3.05, 3.63) is 65.2 Å². The Kier molecular flexibility index (Phi) is 6.05. The molecule has 3 N–H and O–H groups in total. The van der Waals surface area contributed by atoms with Crippen molar-refractivity contribution in [2.45, 2.75) is 6.92 Å². The Morgan fingerprint density at radius 1 is 1.15 bits per heavy atom. The third-order valence-corrected chi connectivity index (χ3v) is 4.08. The largest absolute Gasteiger partial charge is 0.462 e. The van der Waals surface area contributed by atoms with Crippen molar-refractivity contribution in [1.82, 2.24) is 10.2 Å². The lowest BCUT2D eigenvalue weighted by atomic mass is 10.1. The molecule has 0 atom stereocenters. The van der Waals surface area contributed by atoms with Gasteiger partial charge in [-0.2, -0.15) is 5.10 Å². The van der Waals surface area contributed by atoms with E-state index in [-0.39, 0.29) is 5.97 Å². The molecule has 1 heterocycles. The summed E-state index contributed by atoms with van der Waals surface area (Å²) in [5.74, 6) is 0.233. The maximum absolute atomic E-state index is 11.7. The summed E-state index contributed by atoms with van der Waals surface area (Å²) in [5, 5.41) is 14.3. The van der Waals surface area contributed by atoms with Crippen LogP contribution in [0.15, 0.2) is 54.6 Å². The minimum Gasteiger partial charge on any atom is -0.462 e. The van der Waals surface area contributed by atoms with Crippen molar-refractivity contribution in [2.24, 2.45) is 0 Å². The first-order valence-corrected chi connectivity index (χ1v) is 9.00. The molecule has 3 rings (SSSR count). The minimum atomic E-state index is -0.351. The number of carbonyl (C=O) groups excluding carboxylic acids is 1. The number of esters is 1. The molecular formula is C19H17ClN4O2S. The highest BCUT2D eigenvalue weighted by atomic mass is 35.5. The zero-order chi connectivity index (χ0) is 19.2. The highest BCUT2D eigenvalue weighted by Crippen LogP contribution is 2.22. The molecule has 138 valence electrons. The first-order valence-electron chi connectivity index (χ1n) is 8.21. The van der Waals surface area contributed by atoms with Crippen LogP contribution in [0.5, 0.6) is 0 Å². The summed E-state index contributed by atoms with van der Waals surface area (Å²) in [5.41, 5.74) is 3.04. The van der Waals surface area contributed by atoms with Gasteiger partial charge >= 0.3 is 5.97 Å². The van der Waals surface area contributed by atoms with Crippen LogP contribution in [0.1, 0.15) is 17.3 Å². The van der Waals surface area contributed by atoms with E-state index in [0.717, 1.165) is 16.9 Å². The van der Waals surface area contributed by atoms with Gasteiger partial charge in [0.1, 0.15) is 0 Å². The standard InChI is InChI=1S/C19H17ClN4O2S/c1-2-26-18(25)13-5-9-15(10-6-13)21-19(27)22-17-11-16(23-24-17)12-3-7-14(20)8-4-12/h3-11H,2H2,1H3,(H3,21,22,23,24,27). The highest BCUT2D eigenvalue weighted by molar-refractivity contribution is 7.80. The Balaban J connectivity index is 1.59. The Morgan fingerprint density at radius 2 is 1.85 bits per heavy atom. The van der Waals surface area contributed by atoms with Crippen LogP contribution < -0.4 is 10.6 Å². The van der Waals surface area contributed by atoms with E-state index in [4.69, 9.17) is 28.6 Å². The molecule has 8 heteroatoms. The number of H-pyrrole nitrogens is 1. The first-order chi connectivity index (χ1) is 13.0. The van der Waals surface area contributed by atoms with Gasteiger partial charge in [0.2, 0.25) is 0 Å². The van der Waals surface area contributed by atoms with Gasteiger partial charge in [0.15, 0.2) is 10.9 Å². The summed E-state index contributed by atoms with van der Waals surface area (Å²) in [7, 11) is 0. The number of halogens is 1. The fraction of sp³-hybridized carbons (Fsp3) is 0.105. The maximum Gasteiger partial charge on any atom is 0.338 e. The monoisotopic (exact) mass is 400 g/mol. The van der Waals surface area contributed by atoms with Gasteiger partial charge in [0, 0.05) is 16.8 Å². The number of aromatic amines is 1. The third kappa shape index (κ3) is 5.06. The molecule has 27 heavy (non-hydrogen) atoms. The number of carbonyl (C=O) groups is 1. The lowest BCUT2D eigenvalue weighted by Crippen LogP contribution is -2.19. The predicted molar refractivity (Wildman–Crippen MR) is 111 cm³/mol. The molecule has 0 radical (unpaired) electrons. The van der Waals surface area contributed by atoms with Gasteiger partial charge in [-0.25, -0.2) is 4.79 Å². The second kappa shape index (κ2) is 8.66. The lowest BCUT2D eigenvalue weighted by Gasteiger charge is -2.09. The van der Waals surface area contributed by atoms with Gasteiger partial charge in [0.25, 0.3) is 0 Å². The number of aromatic nitrogens is 2. The molecule has 0 aliphatic carbocycles. The first kappa shape index (κ1) is 18.9. The Bertz CT molecular complexity index is 939. The molecule has 0 amide bonds. The Hall–Kier alpha value is -2.90. The van der Waals surface area contributed by atoms with Crippen LogP contribution in [0.25, 0.3) is 11.3 Å². The van der Waals surface area contributed by atoms with E-state index in [2.05, 4.69) is 20.8 Å². The number of anilines is 2. The molecule has 0 saturated heterocycles. The van der Waals surface area contributed by atoms with E-state index < -0.39 is 0 Å². The quantitative estimate of drug-likeness (QED) is 0.425. The molecule has 0 spiro atoms. The topological polar surface area (TPSA) is 79.0 Å². The minimum absolute atomic E-state index is 0.342. The summed E-state index contributed by atoms with van der Waals surface area (Å²) in [6.07, 6.45) is 0. The van der Waals surface area contributed by atoms with Crippen molar-refractivity contribution in [3.8, 4) is 11.3 Å². The van der Waals surface area contributed by atoms with Crippen molar-refractivity contribution in [3.63, 3.8) is 0 Å². The van der Waals surface area contributed by atoms with Crippen LogP contribution in [0.3, 0.4) is 0 Å². The molecule has 0 unspecified atom stereocenters. The van der Waals surface area contributed by atoms with Crippen molar-refractivity contribution in [1.29, 1.82) is 0 Å². The molecule has 3 aromatic rings. The van der Waals surface area contributed by atoms with E-state index in [1.807, 2.05) is 30.3 Å². The van der Waals surface area contributed by atoms with Gasteiger partial charge < -0.3 is 15.4 Å². The number of ether oxygens (including phenoxy) is 1. The van der Waals surface area contributed by atoms with Crippen LogP contribution in [0, 0.1) is 0 Å². The normalized spacial score (nSPS) is 10.3. The zero-order valence-corrected chi connectivity index (χ0v) is 16.0. The lowest BCUT2D eigenvalue weighted by molar-refractivity contribution is 0.0526.